The van der Waals surface area contributed by atoms with Crippen LogP contribution >= 0.6 is 15.9 Å². The van der Waals surface area contributed by atoms with Gasteiger partial charge < -0.3 is 0 Å². The number of hydrogen-bond acceptors (Lipinski definition) is 0. The van der Waals surface area contributed by atoms with Crippen LogP contribution in [0, 0.1) is 0 Å². The molecule has 12 heavy (non-hydrogen) atoms. The molecule has 0 atom stereocenters. The molecule has 0 aliphatic carbocycles. The standard InChI is InChI=1S/C11H13Br/c12-10-6-2-5-9-11-7-3-1-4-8-11/h1,3-4,6-8,10H,2,5,9H2/b10-6-. The summed E-state index contributed by atoms with van der Waals surface area (Å²) >= 11 is 3.26. The summed E-state index contributed by atoms with van der Waals surface area (Å²) in [6.45, 7) is 0. The normalized spacial score (nSPS) is 10.8. The maximum atomic E-state index is 3.26. The summed E-state index contributed by atoms with van der Waals surface area (Å²) in [5.74, 6) is 0. The van der Waals surface area contributed by atoms with E-state index in [2.05, 4.69) is 52.3 Å². The second kappa shape index (κ2) is 6.01. The molecule has 0 radical (unpaired) electrons. The lowest BCUT2D eigenvalue weighted by Crippen LogP contribution is -1.82. The number of halogens is 1. The van der Waals surface area contributed by atoms with E-state index in [9.17, 15) is 0 Å². The fraction of sp³-hybridized carbons (Fsp3) is 0.273. The third kappa shape index (κ3) is 3.72. The summed E-state index contributed by atoms with van der Waals surface area (Å²) < 4.78 is 0. The van der Waals surface area contributed by atoms with Gasteiger partial charge in [-0.25, -0.2) is 0 Å². The van der Waals surface area contributed by atoms with Crippen LogP contribution in [0.5, 0.6) is 0 Å². The topological polar surface area (TPSA) is 0 Å². The van der Waals surface area contributed by atoms with E-state index >= 15 is 0 Å². The molecule has 0 unspecified atom stereocenters. The smallest absolute Gasteiger partial charge is 0.0229 e. The van der Waals surface area contributed by atoms with E-state index in [0.29, 0.717) is 0 Å². The van der Waals surface area contributed by atoms with Crippen LogP contribution in [0.2, 0.25) is 0 Å². The molecule has 0 spiro atoms. The predicted octanol–water partition coefficient (Wildman–Crippen LogP) is 3.92. The summed E-state index contributed by atoms with van der Waals surface area (Å²) in [7, 11) is 0. The average molecular weight is 225 g/mol. The van der Waals surface area contributed by atoms with Gasteiger partial charge in [0.05, 0.1) is 0 Å². The van der Waals surface area contributed by atoms with Crippen LogP contribution in [0.15, 0.2) is 41.4 Å². The Kier molecular flexibility index (Phi) is 4.77. The number of aryl methyl sites for hydroxylation is 1. The van der Waals surface area contributed by atoms with E-state index in [1.165, 1.54) is 18.4 Å². The van der Waals surface area contributed by atoms with E-state index in [1.807, 2.05) is 4.99 Å². The Morgan fingerprint density at radius 3 is 2.58 bits per heavy atom. The minimum atomic E-state index is 1.15. The van der Waals surface area contributed by atoms with E-state index in [0.717, 1.165) is 6.42 Å². The Bertz CT molecular complexity index is 226. The summed E-state index contributed by atoms with van der Waals surface area (Å²) in [6, 6.07) is 10.6. The molecule has 64 valence electrons. The van der Waals surface area contributed by atoms with Gasteiger partial charge in [0.25, 0.3) is 0 Å². The molecule has 0 nitrogen and oxygen atoms in total. The molecule has 0 aliphatic heterocycles. The quantitative estimate of drug-likeness (QED) is 0.681. The lowest BCUT2D eigenvalue weighted by Gasteiger charge is -1.97. The van der Waals surface area contributed by atoms with Crippen LogP contribution in [0.4, 0.5) is 0 Å². The maximum absolute atomic E-state index is 3.26. The lowest BCUT2D eigenvalue weighted by molar-refractivity contribution is 0.844. The fourth-order valence-corrected chi connectivity index (χ4v) is 1.40. The third-order valence-electron chi connectivity index (χ3n) is 1.77. The molecule has 0 saturated heterocycles. The number of benzene rings is 1. The van der Waals surface area contributed by atoms with E-state index < -0.39 is 0 Å². The third-order valence-corrected chi connectivity index (χ3v) is 2.14. The number of rotatable bonds is 4. The van der Waals surface area contributed by atoms with Gasteiger partial charge in [0.1, 0.15) is 0 Å². The van der Waals surface area contributed by atoms with E-state index in [1.54, 1.807) is 0 Å². The van der Waals surface area contributed by atoms with Crippen molar-refractivity contribution >= 4 is 15.9 Å². The highest BCUT2D eigenvalue weighted by Crippen LogP contribution is 2.04. The first-order valence-corrected chi connectivity index (χ1v) is 5.14. The van der Waals surface area contributed by atoms with Crippen molar-refractivity contribution in [2.24, 2.45) is 0 Å². The Labute approximate surface area is 82.4 Å². The van der Waals surface area contributed by atoms with Gasteiger partial charge in [-0.05, 0) is 29.8 Å². The molecular weight excluding hydrogens is 212 g/mol. The highest BCUT2D eigenvalue weighted by Gasteiger charge is 1.88. The molecule has 1 aromatic rings. The van der Waals surface area contributed by atoms with Gasteiger partial charge in [-0.3, -0.25) is 0 Å². The SMILES string of the molecule is Br/C=C\CCCc1ccccc1. The first-order valence-electron chi connectivity index (χ1n) is 4.22. The van der Waals surface area contributed by atoms with E-state index in [4.69, 9.17) is 0 Å². The molecular formula is C11H13Br. The molecule has 1 rings (SSSR count). The van der Waals surface area contributed by atoms with Crippen LogP contribution in [-0.2, 0) is 6.42 Å². The van der Waals surface area contributed by atoms with Crippen molar-refractivity contribution in [2.45, 2.75) is 19.3 Å². The average Bonchev–Trinajstić information content (AvgIpc) is 2.14. The molecule has 0 aliphatic rings. The fourth-order valence-electron chi connectivity index (χ4n) is 1.13. The van der Waals surface area contributed by atoms with Gasteiger partial charge in [-0.15, -0.1) is 0 Å². The number of hydrogen-bond donors (Lipinski definition) is 0. The minimum Gasteiger partial charge on any atom is -0.0776 e. The Morgan fingerprint density at radius 2 is 1.92 bits per heavy atom. The van der Waals surface area contributed by atoms with Crippen LogP contribution in [0.3, 0.4) is 0 Å². The summed E-state index contributed by atoms with van der Waals surface area (Å²) in [4.78, 5) is 1.93. The zero-order valence-electron chi connectivity index (χ0n) is 7.04. The Balaban J connectivity index is 2.24. The van der Waals surface area contributed by atoms with Gasteiger partial charge in [-0.1, -0.05) is 52.3 Å². The van der Waals surface area contributed by atoms with Gasteiger partial charge in [0, 0.05) is 0 Å². The molecule has 0 bridgehead atoms. The van der Waals surface area contributed by atoms with Crippen molar-refractivity contribution in [1.29, 1.82) is 0 Å². The largest absolute Gasteiger partial charge is 0.0776 e. The molecule has 1 heteroatoms. The summed E-state index contributed by atoms with van der Waals surface area (Å²) in [5, 5.41) is 0. The monoisotopic (exact) mass is 224 g/mol. The summed E-state index contributed by atoms with van der Waals surface area (Å²) in [5.41, 5.74) is 1.43. The van der Waals surface area contributed by atoms with Crippen molar-refractivity contribution in [3.8, 4) is 0 Å². The zero-order chi connectivity index (χ0) is 8.65. The van der Waals surface area contributed by atoms with Crippen molar-refractivity contribution < 1.29 is 0 Å². The Morgan fingerprint density at radius 1 is 1.17 bits per heavy atom. The van der Waals surface area contributed by atoms with Gasteiger partial charge in [-0.2, -0.15) is 0 Å². The first kappa shape index (κ1) is 9.53. The number of allylic oxidation sites excluding steroid dienone is 1. The summed E-state index contributed by atoms with van der Waals surface area (Å²) in [6.07, 6.45) is 5.70. The second-order valence-corrected chi connectivity index (χ2v) is 3.27. The maximum Gasteiger partial charge on any atom is -0.0229 e. The van der Waals surface area contributed by atoms with E-state index in [-0.39, 0.29) is 0 Å². The van der Waals surface area contributed by atoms with Crippen molar-refractivity contribution in [2.75, 3.05) is 0 Å². The Hall–Kier alpha value is -0.560. The minimum absolute atomic E-state index is 1.15. The predicted molar refractivity (Wildman–Crippen MR) is 57.4 cm³/mol. The van der Waals surface area contributed by atoms with Gasteiger partial charge in [0.2, 0.25) is 0 Å². The molecule has 0 aromatic heterocycles. The highest BCUT2D eigenvalue weighted by molar-refractivity contribution is 9.11. The highest BCUT2D eigenvalue weighted by atomic mass is 79.9. The molecule has 0 heterocycles. The van der Waals surface area contributed by atoms with Crippen LogP contribution in [0.1, 0.15) is 18.4 Å². The van der Waals surface area contributed by atoms with Gasteiger partial charge >= 0.3 is 0 Å². The van der Waals surface area contributed by atoms with Crippen molar-refractivity contribution in [1.82, 2.24) is 0 Å². The molecule has 1 aromatic carbocycles. The second-order valence-electron chi connectivity index (χ2n) is 2.74. The number of unbranched alkanes of at least 4 members (excludes halogenated alkanes) is 1. The first-order chi connectivity index (χ1) is 5.93. The van der Waals surface area contributed by atoms with Crippen molar-refractivity contribution in [3.63, 3.8) is 0 Å². The zero-order valence-corrected chi connectivity index (χ0v) is 8.63. The molecule has 0 saturated carbocycles. The molecule has 0 fully saturated rings. The van der Waals surface area contributed by atoms with Crippen molar-refractivity contribution in [3.05, 3.63) is 47.0 Å². The van der Waals surface area contributed by atoms with Crippen LogP contribution in [-0.4, -0.2) is 0 Å². The molecule has 0 N–H and O–H groups in total. The molecule has 0 amide bonds. The van der Waals surface area contributed by atoms with Gasteiger partial charge in [0.15, 0.2) is 0 Å². The lowest BCUT2D eigenvalue weighted by atomic mass is 10.1. The van der Waals surface area contributed by atoms with Crippen LogP contribution in [0.25, 0.3) is 0 Å². The van der Waals surface area contributed by atoms with Crippen LogP contribution < -0.4 is 0 Å².